The molecular weight excluding hydrogens is 168 g/mol. The van der Waals surface area contributed by atoms with Crippen molar-refractivity contribution in [1.82, 2.24) is 4.98 Å². The fourth-order valence-electron chi connectivity index (χ4n) is 1.12. The highest BCUT2D eigenvalue weighted by Gasteiger charge is 2.04. The van der Waals surface area contributed by atoms with E-state index < -0.39 is 0 Å². The van der Waals surface area contributed by atoms with Crippen molar-refractivity contribution in [2.75, 3.05) is 0 Å². The molecule has 1 heterocycles. The van der Waals surface area contributed by atoms with E-state index >= 15 is 0 Å². The summed E-state index contributed by atoms with van der Waals surface area (Å²) in [5.41, 5.74) is 1.92. The molecule has 1 aromatic carbocycles. The summed E-state index contributed by atoms with van der Waals surface area (Å²) in [5.74, 6) is 0.0464. The van der Waals surface area contributed by atoms with Gasteiger partial charge in [0.15, 0.2) is 11.7 Å². The molecule has 0 radical (unpaired) electrons. The van der Waals surface area contributed by atoms with Gasteiger partial charge in [0.25, 0.3) is 0 Å². The molecule has 0 saturated heterocycles. The highest BCUT2D eigenvalue weighted by molar-refractivity contribution is 5.73. The molecule has 0 spiro atoms. The number of aliphatic hydroxyl groups is 1. The number of hydrogen-bond donors (Lipinski definition) is 1. The molecule has 0 aliphatic rings. The lowest BCUT2D eigenvalue weighted by atomic mass is 10.2. The van der Waals surface area contributed by atoms with Crippen LogP contribution in [0.4, 0.5) is 0 Å². The highest BCUT2D eigenvalue weighted by atomic mass is 16.3. The normalized spacial score (nSPS) is 10.2. The van der Waals surface area contributed by atoms with Crippen LogP contribution >= 0.6 is 0 Å². The van der Waals surface area contributed by atoms with E-state index in [0.717, 1.165) is 5.56 Å². The smallest absolute Gasteiger partial charge is 0.301 e. The van der Waals surface area contributed by atoms with Crippen molar-refractivity contribution in [3.63, 3.8) is 0 Å². The van der Waals surface area contributed by atoms with E-state index in [1.807, 2.05) is 6.07 Å². The summed E-state index contributed by atoms with van der Waals surface area (Å²) in [5, 5.41) is 17.3. The van der Waals surface area contributed by atoms with Gasteiger partial charge in [0.05, 0.1) is 6.61 Å². The molecule has 1 aromatic heterocycles. The zero-order chi connectivity index (χ0) is 9.26. The second kappa shape index (κ2) is 2.88. The van der Waals surface area contributed by atoms with Crippen molar-refractivity contribution in [3.8, 4) is 6.07 Å². The standard InChI is InChI=1S/C9H6N2O2/c10-4-9-11-7-3-6(5-12)1-2-8(7)13-9/h1-3,12H,5H2. The molecule has 64 valence electrons. The van der Waals surface area contributed by atoms with Crippen LogP contribution in [0.5, 0.6) is 0 Å². The van der Waals surface area contributed by atoms with Crippen LogP contribution in [0.2, 0.25) is 0 Å². The van der Waals surface area contributed by atoms with Gasteiger partial charge < -0.3 is 9.52 Å². The lowest BCUT2D eigenvalue weighted by molar-refractivity contribution is 0.282. The second-order valence-corrected chi connectivity index (χ2v) is 2.59. The van der Waals surface area contributed by atoms with Gasteiger partial charge in [-0.1, -0.05) is 6.07 Å². The van der Waals surface area contributed by atoms with Crippen LogP contribution in [0.15, 0.2) is 22.6 Å². The van der Waals surface area contributed by atoms with E-state index in [1.54, 1.807) is 18.2 Å². The average Bonchev–Trinajstić information content (AvgIpc) is 2.58. The summed E-state index contributed by atoms with van der Waals surface area (Å²) in [6, 6.07) is 6.93. The zero-order valence-corrected chi connectivity index (χ0v) is 6.69. The zero-order valence-electron chi connectivity index (χ0n) is 6.69. The first kappa shape index (κ1) is 7.77. The van der Waals surface area contributed by atoms with Crippen LogP contribution in [0.1, 0.15) is 11.5 Å². The topological polar surface area (TPSA) is 70.0 Å². The molecule has 13 heavy (non-hydrogen) atoms. The summed E-state index contributed by atoms with van der Waals surface area (Å²) in [6.07, 6.45) is 0. The van der Waals surface area contributed by atoms with Crippen molar-refractivity contribution >= 4 is 11.1 Å². The van der Waals surface area contributed by atoms with E-state index in [1.165, 1.54) is 0 Å². The minimum Gasteiger partial charge on any atom is -0.428 e. The van der Waals surface area contributed by atoms with Crippen molar-refractivity contribution < 1.29 is 9.52 Å². The second-order valence-electron chi connectivity index (χ2n) is 2.59. The SMILES string of the molecule is N#Cc1nc2cc(CO)ccc2o1. The number of rotatable bonds is 1. The highest BCUT2D eigenvalue weighted by Crippen LogP contribution is 2.16. The number of benzene rings is 1. The lowest BCUT2D eigenvalue weighted by Crippen LogP contribution is -1.81. The molecule has 4 nitrogen and oxygen atoms in total. The Morgan fingerprint density at radius 3 is 3.08 bits per heavy atom. The summed E-state index contributed by atoms with van der Waals surface area (Å²) in [6.45, 7) is -0.0370. The monoisotopic (exact) mass is 174 g/mol. The molecule has 0 aliphatic carbocycles. The van der Waals surface area contributed by atoms with Gasteiger partial charge in [0, 0.05) is 0 Å². The van der Waals surface area contributed by atoms with Crippen molar-refractivity contribution in [3.05, 3.63) is 29.7 Å². The molecule has 0 amide bonds. The number of oxazole rings is 1. The molecule has 2 aromatic rings. The predicted octanol–water partition coefficient (Wildman–Crippen LogP) is 1.19. The van der Waals surface area contributed by atoms with Crippen LogP contribution in [-0.4, -0.2) is 10.1 Å². The first-order valence-corrected chi connectivity index (χ1v) is 3.74. The van der Waals surface area contributed by atoms with Crippen LogP contribution < -0.4 is 0 Å². The number of aromatic nitrogens is 1. The van der Waals surface area contributed by atoms with Gasteiger partial charge >= 0.3 is 5.89 Å². The van der Waals surface area contributed by atoms with E-state index in [2.05, 4.69) is 4.98 Å². The number of hydrogen-bond acceptors (Lipinski definition) is 4. The average molecular weight is 174 g/mol. The first-order chi connectivity index (χ1) is 6.33. The minimum atomic E-state index is -0.0370. The van der Waals surface area contributed by atoms with E-state index in [0.29, 0.717) is 11.1 Å². The summed E-state index contributed by atoms with van der Waals surface area (Å²) < 4.78 is 5.06. The molecule has 2 rings (SSSR count). The summed E-state index contributed by atoms with van der Waals surface area (Å²) in [7, 11) is 0. The summed E-state index contributed by atoms with van der Waals surface area (Å²) in [4.78, 5) is 3.90. The van der Waals surface area contributed by atoms with Gasteiger partial charge in [-0.05, 0) is 17.7 Å². The third kappa shape index (κ3) is 1.25. The maximum absolute atomic E-state index is 8.84. The van der Waals surface area contributed by atoms with Gasteiger partial charge in [-0.25, -0.2) is 0 Å². The van der Waals surface area contributed by atoms with Gasteiger partial charge in [0.2, 0.25) is 0 Å². The molecule has 1 N–H and O–H groups in total. The van der Waals surface area contributed by atoms with Crippen molar-refractivity contribution in [1.29, 1.82) is 5.26 Å². The lowest BCUT2D eigenvalue weighted by Gasteiger charge is -1.92. The quantitative estimate of drug-likeness (QED) is 0.704. The maximum atomic E-state index is 8.84. The van der Waals surface area contributed by atoms with Crippen LogP contribution in [-0.2, 0) is 6.61 Å². The van der Waals surface area contributed by atoms with E-state index in [-0.39, 0.29) is 12.5 Å². The Labute approximate surface area is 74.0 Å². The third-order valence-corrected chi connectivity index (χ3v) is 1.73. The molecule has 0 saturated carbocycles. The van der Waals surface area contributed by atoms with Gasteiger partial charge in [-0.15, -0.1) is 0 Å². The van der Waals surface area contributed by atoms with Gasteiger partial charge in [0.1, 0.15) is 5.52 Å². The maximum Gasteiger partial charge on any atom is 0.301 e. The number of aliphatic hydroxyl groups excluding tert-OH is 1. The van der Waals surface area contributed by atoms with Crippen LogP contribution in [0, 0.1) is 11.3 Å². The van der Waals surface area contributed by atoms with E-state index in [4.69, 9.17) is 14.8 Å². The van der Waals surface area contributed by atoms with Gasteiger partial charge in [-0.3, -0.25) is 0 Å². The number of fused-ring (bicyclic) bond motifs is 1. The Morgan fingerprint density at radius 2 is 2.38 bits per heavy atom. The van der Waals surface area contributed by atoms with Crippen LogP contribution in [0.3, 0.4) is 0 Å². The molecule has 0 bridgehead atoms. The first-order valence-electron chi connectivity index (χ1n) is 3.74. The molecule has 4 heteroatoms. The van der Waals surface area contributed by atoms with Crippen LogP contribution in [0.25, 0.3) is 11.1 Å². The molecular formula is C9H6N2O2. The Morgan fingerprint density at radius 1 is 1.54 bits per heavy atom. The Balaban J connectivity index is 2.65. The van der Waals surface area contributed by atoms with E-state index in [9.17, 15) is 0 Å². The molecule has 0 unspecified atom stereocenters. The molecule has 0 aliphatic heterocycles. The van der Waals surface area contributed by atoms with Crippen molar-refractivity contribution in [2.24, 2.45) is 0 Å². The fourth-order valence-corrected chi connectivity index (χ4v) is 1.12. The minimum absolute atomic E-state index is 0.0370. The Bertz CT molecular complexity index is 482. The fraction of sp³-hybridized carbons (Fsp3) is 0.111. The molecule has 0 atom stereocenters. The third-order valence-electron chi connectivity index (χ3n) is 1.73. The summed E-state index contributed by atoms with van der Waals surface area (Å²) >= 11 is 0. The Hall–Kier alpha value is -1.86. The largest absolute Gasteiger partial charge is 0.428 e. The number of nitriles is 1. The molecule has 0 fully saturated rings. The van der Waals surface area contributed by atoms with Crippen molar-refractivity contribution in [2.45, 2.75) is 6.61 Å². The number of nitrogens with zero attached hydrogens (tertiary/aromatic N) is 2. The Kier molecular flexibility index (Phi) is 1.72. The van der Waals surface area contributed by atoms with Gasteiger partial charge in [-0.2, -0.15) is 10.2 Å². The predicted molar refractivity (Wildman–Crippen MR) is 44.6 cm³/mol.